The van der Waals surface area contributed by atoms with Gasteiger partial charge in [0.1, 0.15) is 5.82 Å². The molecule has 1 amide bonds. The van der Waals surface area contributed by atoms with Crippen molar-refractivity contribution in [3.8, 4) is 0 Å². The fraction of sp³-hybridized carbons (Fsp3) is 0.333. The van der Waals surface area contributed by atoms with Crippen LogP contribution in [-0.2, 0) is 17.8 Å². The van der Waals surface area contributed by atoms with Crippen molar-refractivity contribution < 1.29 is 4.79 Å². The van der Waals surface area contributed by atoms with Crippen LogP contribution in [0.3, 0.4) is 0 Å². The number of rotatable bonds is 6. The summed E-state index contributed by atoms with van der Waals surface area (Å²) in [6, 6.07) is 10.1. The Morgan fingerprint density at radius 2 is 2.09 bits per heavy atom. The summed E-state index contributed by atoms with van der Waals surface area (Å²) in [7, 11) is 0. The monoisotopic (exact) mass is 295 g/mol. The number of aryl methyl sites for hydroxylation is 1. The Morgan fingerprint density at radius 3 is 2.82 bits per heavy atom. The molecule has 0 spiro atoms. The molecule has 1 aliphatic carbocycles. The van der Waals surface area contributed by atoms with Crippen molar-refractivity contribution >= 4 is 11.5 Å². The predicted octanol–water partition coefficient (Wildman–Crippen LogP) is 2.67. The van der Waals surface area contributed by atoms with Gasteiger partial charge in [-0.1, -0.05) is 42.8 Å². The van der Waals surface area contributed by atoms with E-state index in [2.05, 4.69) is 33.9 Å². The summed E-state index contributed by atoms with van der Waals surface area (Å²) in [6.45, 7) is 5.52. The van der Waals surface area contributed by atoms with Crippen LogP contribution in [0.15, 0.2) is 48.3 Å². The number of imidazole rings is 1. The molecular formula is C18H21N3O. The minimum absolute atomic E-state index is 0.0455. The Bertz CT molecular complexity index is 700. The first kappa shape index (κ1) is 14.6. The summed E-state index contributed by atoms with van der Waals surface area (Å²) in [5.41, 5.74) is 3.51. The van der Waals surface area contributed by atoms with Crippen molar-refractivity contribution in [2.45, 2.75) is 26.8 Å². The average Bonchev–Trinajstić information content (AvgIpc) is 3.01. The molecule has 0 fully saturated rings. The van der Waals surface area contributed by atoms with Crippen LogP contribution in [0.4, 0.5) is 0 Å². The molecule has 1 N–H and O–H groups in total. The van der Waals surface area contributed by atoms with E-state index in [1.54, 1.807) is 6.20 Å². The molecule has 1 unspecified atom stereocenters. The molecule has 0 bridgehead atoms. The zero-order valence-corrected chi connectivity index (χ0v) is 13.0. The zero-order chi connectivity index (χ0) is 15.5. The molecule has 0 saturated heterocycles. The van der Waals surface area contributed by atoms with Crippen molar-refractivity contribution in [2.75, 3.05) is 6.54 Å². The van der Waals surface area contributed by atoms with E-state index in [9.17, 15) is 4.79 Å². The number of benzene rings is 1. The number of aromatic nitrogens is 2. The van der Waals surface area contributed by atoms with Crippen LogP contribution in [0, 0.1) is 5.92 Å². The minimum Gasteiger partial charge on any atom is -0.353 e. The maximum Gasteiger partial charge on any atom is 0.231 e. The summed E-state index contributed by atoms with van der Waals surface area (Å²) in [5, 5.41) is 3.04. The molecule has 4 nitrogen and oxygen atoms in total. The molecule has 114 valence electrons. The normalized spacial score (nSPS) is 16.7. The Kier molecular flexibility index (Phi) is 4.09. The fourth-order valence-electron chi connectivity index (χ4n) is 2.93. The Hall–Kier alpha value is -2.36. The first-order valence-electron chi connectivity index (χ1n) is 7.76. The summed E-state index contributed by atoms with van der Waals surface area (Å²) in [6.07, 6.45) is 4.67. The number of amides is 1. The van der Waals surface area contributed by atoms with Gasteiger partial charge in [-0.2, -0.15) is 0 Å². The van der Waals surface area contributed by atoms with E-state index in [1.165, 1.54) is 11.1 Å². The third kappa shape index (κ3) is 2.82. The minimum atomic E-state index is -0.0455. The number of hydrogen-bond donors (Lipinski definition) is 1. The van der Waals surface area contributed by atoms with Gasteiger partial charge in [-0.15, -0.1) is 0 Å². The van der Waals surface area contributed by atoms with E-state index >= 15 is 0 Å². The first-order valence-corrected chi connectivity index (χ1v) is 7.76. The molecule has 4 heteroatoms. The number of nitrogens with zero attached hydrogens (tertiary/aromatic N) is 2. The molecule has 1 atom stereocenters. The van der Waals surface area contributed by atoms with Crippen molar-refractivity contribution in [3.63, 3.8) is 0 Å². The van der Waals surface area contributed by atoms with E-state index < -0.39 is 0 Å². The molecule has 1 aromatic heterocycles. The second kappa shape index (κ2) is 6.18. The van der Waals surface area contributed by atoms with E-state index in [1.807, 2.05) is 31.3 Å². The van der Waals surface area contributed by atoms with E-state index in [-0.39, 0.29) is 11.8 Å². The first-order chi connectivity index (χ1) is 10.7. The van der Waals surface area contributed by atoms with Crippen LogP contribution in [0.2, 0.25) is 0 Å². The molecular weight excluding hydrogens is 274 g/mol. The van der Waals surface area contributed by atoms with Gasteiger partial charge in [0.15, 0.2) is 0 Å². The average molecular weight is 295 g/mol. The quantitative estimate of drug-likeness (QED) is 0.890. The highest BCUT2D eigenvalue weighted by Crippen LogP contribution is 2.46. The van der Waals surface area contributed by atoms with Gasteiger partial charge in [0.05, 0.1) is 5.92 Å². The predicted molar refractivity (Wildman–Crippen MR) is 87.1 cm³/mol. The van der Waals surface area contributed by atoms with E-state index in [4.69, 9.17) is 0 Å². The molecule has 0 radical (unpaired) electrons. The smallest absolute Gasteiger partial charge is 0.231 e. The second-order valence-corrected chi connectivity index (χ2v) is 5.58. The molecule has 3 rings (SSSR count). The fourth-order valence-corrected chi connectivity index (χ4v) is 2.93. The lowest BCUT2D eigenvalue weighted by atomic mass is 10.1. The number of carbonyl (C=O) groups is 1. The van der Waals surface area contributed by atoms with E-state index in [0.717, 1.165) is 24.4 Å². The number of carbonyl (C=O) groups excluding carboxylic acids is 1. The van der Waals surface area contributed by atoms with Gasteiger partial charge in [0.2, 0.25) is 5.91 Å². The maximum atomic E-state index is 12.3. The van der Waals surface area contributed by atoms with Crippen molar-refractivity contribution in [2.24, 2.45) is 5.92 Å². The van der Waals surface area contributed by atoms with E-state index in [0.29, 0.717) is 6.54 Å². The number of hydrogen-bond acceptors (Lipinski definition) is 2. The largest absolute Gasteiger partial charge is 0.353 e. The van der Waals surface area contributed by atoms with Crippen LogP contribution in [0.25, 0.3) is 5.57 Å². The van der Waals surface area contributed by atoms with Crippen LogP contribution in [0.5, 0.6) is 0 Å². The van der Waals surface area contributed by atoms with Crippen LogP contribution in [-0.4, -0.2) is 22.0 Å². The Balaban J connectivity index is 1.52. The zero-order valence-electron chi connectivity index (χ0n) is 13.0. The second-order valence-electron chi connectivity index (χ2n) is 5.58. The van der Waals surface area contributed by atoms with Gasteiger partial charge in [-0.05, 0) is 18.1 Å². The van der Waals surface area contributed by atoms with Gasteiger partial charge < -0.3 is 9.88 Å². The van der Waals surface area contributed by atoms with Gasteiger partial charge >= 0.3 is 0 Å². The SMILES string of the molecule is CCc1nccn1CCNC(=O)C1C(C)=C1c1ccccc1. The summed E-state index contributed by atoms with van der Waals surface area (Å²) < 4.78 is 2.09. The lowest BCUT2D eigenvalue weighted by Gasteiger charge is -2.08. The highest BCUT2D eigenvalue weighted by molar-refractivity contribution is 6.05. The Labute approximate surface area is 130 Å². The van der Waals surface area contributed by atoms with Crippen molar-refractivity contribution in [1.29, 1.82) is 0 Å². The van der Waals surface area contributed by atoms with Crippen LogP contribution >= 0.6 is 0 Å². The highest BCUT2D eigenvalue weighted by atomic mass is 16.2. The van der Waals surface area contributed by atoms with Gasteiger partial charge in [0.25, 0.3) is 0 Å². The van der Waals surface area contributed by atoms with Gasteiger partial charge in [-0.3, -0.25) is 4.79 Å². The molecule has 1 aliphatic rings. The third-order valence-corrected chi connectivity index (χ3v) is 4.18. The topological polar surface area (TPSA) is 46.9 Å². The third-order valence-electron chi connectivity index (χ3n) is 4.18. The molecule has 0 saturated carbocycles. The highest BCUT2D eigenvalue weighted by Gasteiger charge is 2.39. The van der Waals surface area contributed by atoms with Crippen molar-refractivity contribution in [1.82, 2.24) is 14.9 Å². The lowest BCUT2D eigenvalue weighted by Crippen LogP contribution is -2.29. The lowest BCUT2D eigenvalue weighted by molar-refractivity contribution is -0.121. The standard InChI is InChI=1S/C18H21N3O/c1-3-15-19-9-11-21(15)12-10-20-18(22)17-13(2)16(17)14-7-5-4-6-8-14/h4-9,11,17H,3,10,12H2,1-2H3,(H,20,22). The summed E-state index contributed by atoms with van der Waals surface area (Å²) in [4.78, 5) is 16.6. The van der Waals surface area contributed by atoms with Crippen molar-refractivity contribution in [3.05, 3.63) is 59.7 Å². The molecule has 0 aliphatic heterocycles. The summed E-state index contributed by atoms with van der Waals surface area (Å²) >= 11 is 0. The molecule has 1 heterocycles. The summed E-state index contributed by atoms with van der Waals surface area (Å²) in [5.74, 6) is 1.12. The van der Waals surface area contributed by atoms with Crippen LogP contribution in [0.1, 0.15) is 25.2 Å². The molecule has 22 heavy (non-hydrogen) atoms. The van der Waals surface area contributed by atoms with Gasteiger partial charge in [0, 0.05) is 31.9 Å². The Morgan fingerprint density at radius 1 is 1.32 bits per heavy atom. The molecule has 2 aromatic rings. The molecule has 1 aromatic carbocycles. The number of nitrogens with one attached hydrogen (secondary N) is 1. The maximum absolute atomic E-state index is 12.3. The van der Waals surface area contributed by atoms with Crippen LogP contribution < -0.4 is 5.32 Å². The van der Waals surface area contributed by atoms with Gasteiger partial charge in [-0.25, -0.2) is 4.98 Å².